The largest absolute Gasteiger partial charge is 0.0839 e. The lowest BCUT2D eigenvalue weighted by molar-refractivity contribution is 0.460. The van der Waals surface area contributed by atoms with Gasteiger partial charge < -0.3 is 0 Å². The van der Waals surface area contributed by atoms with E-state index in [1.165, 1.54) is 82.8 Å². The van der Waals surface area contributed by atoms with Crippen molar-refractivity contribution < 1.29 is 0 Å². The molecular formula is C57H44. The van der Waals surface area contributed by atoms with Crippen LogP contribution in [0.15, 0.2) is 212 Å². The Morgan fingerprint density at radius 3 is 1.67 bits per heavy atom. The normalized spacial score (nSPS) is 22.0. The van der Waals surface area contributed by atoms with Gasteiger partial charge in [0.2, 0.25) is 0 Å². The molecule has 4 aliphatic rings. The quantitative estimate of drug-likeness (QED) is 0.150. The molecule has 0 bridgehead atoms. The predicted octanol–water partition coefficient (Wildman–Crippen LogP) is 14.7. The minimum absolute atomic E-state index is 0.249. The monoisotopic (exact) mass is 728 g/mol. The summed E-state index contributed by atoms with van der Waals surface area (Å²) in [5.74, 6) is 0.898. The topological polar surface area (TPSA) is 0 Å². The second-order valence-electron chi connectivity index (χ2n) is 16.2. The number of hydrogen-bond acceptors (Lipinski definition) is 0. The van der Waals surface area contributed by atoms with E-state index in [0.29, 0.717) is 11.8 Å². The van der Waals surface area contributed by atoms with Crippen LogP contribution in [0, 0.1) is 5.92 Å². The number of allylic oxidation sites excluding steroid dienone is 12. The van der Waals surface area contributed by atoms with Gasteiger partial charge in [-0.1, -0.05) is 206 Å². The summed E-state index contributed by atoms with van der Waals surface area (Å²) >= 11 is 0. The van der Waals surface area contributed by atoms with Crippen molar-refractivity contribution in [2.75, 3.05) is 0 Å². The molecule has 57 heavy (non-hydrogen) atoms. The second-order valence-corrected chi connectivity index (χ2v) is 16.2. The molecule has 272 valence electrons. The van der Waals surface area contributed by atoms with E-state index in [2.05, 4.69) is 212 Å². The Bertz CT molecular complexity index is 2860. The van der Waals surface area contributed by atoms with E-state index in [0.717, 1.165) is 19.3 Å². The first-order valence-corrected chi connectivity index (χ1v) is 20.7. The first kappa shape index (κ1) is 33.8. The molecular weight excluding hydrogens is 685 g/mol. The van der Waals surface area contributed by atoms with E-state index in [9.17, 15) is 0 Å². The molecule has 0 aromatic heterocycles. The van der Waals surface area contributed by atoms with Gasteiger partial charge in [0.05, 0.1) is 5.41 Å². The molecule has 7 aromatic rings. The fourth-order valence-corrected chi connectivity index (χ4v) is 10.5. The minimum atomic E-state index is -0.380. The van der Waals surface area contributed by atoms with Crippen LogP contribution in [0.25, 0.3) is 43.8 Å². The fourth-order valence-electron chi connectivity index (χ4n) is 10.5. The maximum atomic E-state index is 2.60. The molecule has 0 saturated heterocycles. The van der Waals surface area contributed by atoms with Crippen molar-refractivity contribution in [3.05, 3.63) is 251 Å². The van der Waals surface area contributed by atoms with E-state index in [4.69, 9.17) is 0 Å². The number of fused-ring (bicyclic) bond motifs is 8. The molecule has 0 saturated carbocycles. The molecule has 0 N–H and O–H groups in total. The zero-order valence-electron chi connectivity index (χ0n) is 32.1. The lowest BCUT2D eigenvalue weighted by Crippen LogP contribution is -2.36. The molecule has 4 aliphatic carbocycles. The van der Waals surface area contributed by atoms with Crippen molar-refractivity contribution in [3.63, 3.8) is 0 Å². The molecule has 11 rings (SSSR count). The first-order chi connectivity index (χ1) is 28.3. The maximum Gasteiger partial charge on any atom is 0.0535 e. The van der Waals surface area contributed by atoms with Crippen LogP contribution in [0.1, 0.15) is 70.0 Å². The Labute approximate surface area is 336 Å². The minimum Gasteiger partial charge on any atom is -0.0839 e. The Kier molecular flexibility index (Phi) is 8.25. The molecule has 0 nitrogen and oxygen atoms in total. The Morgan fingerprint density at radius 1 is 0.456 bits per heavy atom. The van der Waals surface area contributed by atoms with Gasteiger partial charge in [0.1, 0.15) is 0 Å². The highest BCUT2D eigenvalue weighted by Gasteiger charge is 2.51. The van der Waals surface area contributed by atoms with Crippen molar-refractivity contribution >= 4 is 32.7 Å². The highest BCUT2D eigenvalue weighted by Crippen LogP contribution is 2.62. The summed E-state index contributed by atoms with van der Waals surface area (Å²) in [6.45, 7) is 0. The molecule has 4 unspecified atom stereocenters. The highest BCUT2D eigenvalue weighted by molar-refractivity contribution is 6.19. The van der Waals surface area contributed by atoms with Crippen molar-refractivity contribution in [2.45, 2.75) is 36.5 Å². The van der Waals surface area contributed by atoms with Crippen LogP contribution in [-0.4, -0.2) is 0 Å². The predicted molar refractivity (Wildman–Crippen MR) is 241 cm³/mol. The van der Waals surface area contributed by atoms with E-state index >= 15 is 0 Å². The molecule has 0 heterocycles. The molecule has 0 spiro atoms. The smallest absolute Gasteiger partial charge is 0.0535 e. The Balaban J connectivity index is 1.11. The zero-order chi connectivity index (χ0) is 37.8. The van der Waals surface area contributed by atoms with Gasteiger partial charge in [-0.15, -0.1) is 0 Å². The first-order valence-electron chi connectivity index (χ1n) is 20.7. The van der Waals surface area contributed by atoms with Gasteiger partial charge in [0.15, 0.2) is 0 Å². The van der Waals surface area contributed by atoms with Gasteiger partial charge in [-0.05, 0) is 114 Å². The third kappa shape index (κ3) is 5.50. The van der Waals surface area contributed by atoms with E-state index in [1.807, 2.05) is 0 Å². The number of benzene rings is 7. The summed E-state index contributed by atoms with van der Waals surface area (Å²) in [5, 5.41) is 5.40. The molecule has 0 radical (unpaired) electrons. The Hall–Kier alpha value is -6.50. The van der Waals surface area contributed by atoms with Gasteiger partial charge in [-0.2, -0.15) is 0 Å². The van der Waals surface area contributed by atoms with Crippen LogP contribution in [0.4, 0.5) is 0 Å². The molecule has 0 heteroatoms. The summed E-state index contributed by atoms with van der Waals surface area (Å²) in [4.78, 5) is 0. The van der Waals surface area contributed by atoms with Crippen molar-refractivity contribution in [3.8, 4) is 11.1 Å². The average Bonchev–Trinajstić information content (AvgIpc) is 3.62. The molecule has 0 fully saturated rings. The van der Waals surface area contributed by atoms with E-state index < -0.39 is 0 Å². The standard InChI is InChI=1S/C57H44/c1-5-15-39(16-6-1)41-25-29-43(30-26-41)45-33-35-51-53(37-45)49-23-13-14-24-50(49)55-52-36-34-46(44-31-27-42(28-32-44)40-17-7-2-8-18-40)38-54(52)57(56(51)55,47-19-9-3-10-20-47)48-21-11-4-12-22-48/h1-21,23-29,31,33-38,43-44,48H,22,30,32H2. The van der Waals surface area contributed by atoms with Gasteiger partial charge in [-0.25, -0.2) is 0 Å². The van der Waals surface area contributed by atoms with Crippen LogP contribution >= 0.6 is 0 Å². The van der Waals surface area contributed by atoms with Crippen molar-refractivity contribution in [1.29, 1.82) is 0 Å². The van der Waals surface area contributed by atoms with Crippen LogP contribution in [0.5, 0.6) is 0 Å². The fraction of sp³-hybridized carbons (Fsp3) is 0.123. The Morgan fingerprint density at radius 2 is 1.05 bits per heavy atom. The summed E-state index contributed by atoms with van der Waals surface area (Å²) < 4.78 is 0. The van der Waals surface area contributed by atoms with Gasteiger partial charge in [-0.3, -0.25) is 0 Å². The number of rotatable bonds is 6. The number of hydrogen-bond donors (Lipinski definition) is 0. The summed E-state index contributed by atoms with van der Waals surface area (Å²) in [7, 11) is 0. The second kappa shape index (κ2) is 13.9. The lowest BCUT2D eigenvalue weighted by Gasteiger charge is -2.40. The third-order valence-electron chi connectivity index (χ3n) is 13.2. The summed E-state index contributed by atoms with van der Waals surface area (Å²) in [5.41, 5.74) is 14.6. The summed E-state index contributed by atoms with van der Waals surface area (Å²) in [6, 6.07) is 57.1. The average molecular weight is 729 g/mol. The lowest BCUT2D eigenvalue weighted by atomic mass is 9.61. The highest BCUT2D eigenvalue weighted by atomic mass is 14.5. The molecule has 7 aromatic carbocycles. The SMILES string of the molecule is C1=CCC(C2(c3ccccc3)c3cc(C4C=CC(c5ccccc5)=CC4)ccc3-c3c2c2ccc(C4C=CC(c5ccccc5)=CC4)cc2c2ccccc32)C=C1. The molecule has 0 aliphatic heterocycles. The van der Waals surface area contributed by atoms with E-state index in [1.54, 1.807) is 0 Å². The summed E-state index contributed by atoms with van der Waals surface area (Å²) in [6.07, 6.45) is 26.7. The maximum absolute atomic E-state index is 2.60. The van der Waals surface area contributed by atoms with Crippen molar-refractivity contribution in [1.82, 2.24) is 0 Å². The van der Waals surface area contributed by atoms with Crippen molar-refractivity contribution in [2.24, 2.45) is 5.92 Å². The van der Waals surface area contributed by atoms with Crippen LogP contribution in [0.2, 0.25) is 0 Å². The zero-order valence-corrected chi connectivity index (χ0v) is 32.1. The molecule has 4 atom stereocenters. The molecule has 0 amide bonds. The van der Waals surface area contributed by atoms with Gasteiger partial charge in [0, 0.05) is 11.8 Å². The van der Waals surface area contributed by atoms with Crippen LogP contribution in [-0.2, 0) is 5.41 Å². The third-order valence-corrected chi connectivity index (χ3v) is 13.2. The van der Waals surface area contributed by atoms with Gasteiger partial charge >= 0.3 is 0 Å². The van der Waals surface area contributed by atoms with Crippen LogP contribution in [0.3, 0.4) is 0 Å². The van der Waals surface area contributed by atoms with Crippen LogP contribution < -0.4 is 0 Å². The van der Waals surface area contributed by atoms with Gasteiger partial charge in [0.25, 0.3) is 0 Å². The van der Waals surface area contributed by atoms with E-state index in [-0.39, 0.29) is 11.3 Å².